The molecule has 0 atom stereocenters. The average molecular weight is 307 g/mol. The van der Waals surface area contributed by atoms with Crippen molar-refractivity contribution in [1.29, 1.82) is 0 Å². The molecule has 0 aromatic heterocycles. The molecule has 19 heavy (non-hydrogen) atoms. The third-order valence-corrected chi connectivity index (χ3v) is 3.84. The molecule has 0 bridgehead atoms. The van der Waals surface area contributed by atoms with Gasteiger partial charge in [0.2, 0.25) is 0 Å². The summed E-state index contributed by atoms with van der Waals surface area (Å²) in [6.07, 6.45) is 2.38. The predicted octanol–water partition coefficient (Wildman–Crippen LogP) is 3.33. The molecule has 1 aliphatic heterocycles. The number of nitrogens with zero attached hydrogens (tertiary/aromatic N) is 1. The molecule has 0 spiro atoms. The Hall–Kier alpha value is -0.350. The van der Waals surface area contributed by atoms with Crippen molar-refractivity contribution in [1.82, 2.24) is 10.2 Å². The standard InChI is InChI=1S/C14H20ClFN2.ClH/c1-17-9-11-4-6-18(7-5-11)10-12-2-3-13(15)8-14(12)16;/h2-3,8,11,17H,4-7,9-10H2,1H3;1H. The quantitative estimate of drug-likeness (QED) is 0.918. The highest BCUT2D eigenvalue weighted by Crippen LogP contribution is 2.21. The summed E-state index contributed by atoms with van der Waals surface area (Å²) in [5.41, 5.74) is 0.742. The van der Waals surface area contributed by atoms with E-state index in [4.69, 9.17) is 11.6 Å². The zero-order valence-corrected chi connectivity index (χ0v) is 12.7. The van der Waals surface area contributed by atoms with Gasteiger partial charge in [-0.25, -0.2) is 4.39 Å². The molecule has 0 unspecified atom stereocenters. The van der Waals surface area contributed by atoms with Crippen LogP contribution in [0.1, 0.15) is 18.4 Å². The second-order valence-corrected chi connectivity index (χ2v) is 5.45. The van der Waals surface area contributed by atoms with Crippen LogP contribution in [0.5, 0.6) is 0 Å². The van der Waals surface area contributed by atoms with Crippen LogP contribution in [-0.2, 0) is 6.54 Å². The normalized spacial score (nSPS) is 17.2. The molecule has 1 saturated heterocycles. The molecule has 2 rings (SSSR count). The van der Waals surface area contributed by atoms with Crippen molar-refractivity contribution >= 4 is 24.0 Å². The minimum absolute atomic E-state index is 0. The third kappa shape index (κ3) is 4.92. The van der Waals surface area contributed by atoms with Gasteiger partial charge in [-0.2, -0.15) is 0 Å². The maximum atomic E-state index is 13.7. The molecule has 5 heteroatoms. The van der Waals surface area contributed by atoms with Crippen molar-refractivity contribution in [3.8, 4) is 0 Å². The lowest BCUT2D eigenvalue weighted by molar-refractivity contribution is 0.175. The molecule has 2 nitrogen and oxygen atoms in total. The van der Waals surface area contributed by atoms with E-state index in [9.17, 15) is 4.39 Å². The molecule has 0 amide bonds. The van der Waals surface area contributed by atoms with Crippen LogP contribution < -0.4 is 5.32 Å². The number of rotatable bonds is 4. The molecule has 1 fully saturated rings. The van der Waals surface area contributed by atoms with Gasteiger partial charge in [-0.1, -0.05) is 17.7 Å². The zero-order valence-electron chi connectivity index (χ0n) is 11.2. The maximum Gasteiger partial charge on any atom is 0.129 e. The highest BCUT2D eigenvalue weighted by Gasteiger charge is 2.19. The summed E-state index contributed by atoms with van der Waals surface area (Å²) in [6.45, 7) is 3.88. The molecule has 1 heterocycles. The summed E-state index contributed by atoms with van der Waals surface area (Å²) >= 11 is 5.75. The number of likely N-dealkylation sites (tertiary alicyclic amines) is 1. The van der Waals surface area contributed by atoms with E-state index >= 15 is 0 Å². The minimum atomic E-state index is -0.195. The molecule has 108 valence electrons. The van der Waals surface area contributed by atoms with E-state index in [-0.39, 0.29) is 18.2 Å². The van der Waals surface area contributed by atoms with Gasteiger partial charge in [-0.05, 0) is 57.6 Å². The van der Waals surface area contributed by atoms with Crippen molar-refractivity contribution in [3.63, 3.8) is 0 Å². The summed E-state index contributed by atoms with van der Waals surface area (Å²) in [5, 5.41) is 3.69. The minimum Gasteiger partial charge on any atom is -0.319 e. The van der Waals surface area contributed by atoms with Crippen LogP contribution in [-0.4, -0.2) is 31.6 Å². The van der Waals surface area contributed by atoms with Crippen LogP contribution >= 0.6 is 24.0 Å². The number of hydrogen-bond acceptors (Lipinski definition) is 2. The van der Waals surface area contributed by atoms with E-state index in [2.05, 4.69) is 10.2 Å². The maximum absolute atomic E-state index is 13.7. The highest BCUT2D eigenvalue weighted by atomic mass is 35.5. The molecule has 1 aromatic rings. The predicted molar refractivity (Wildman–Crippen MR) is 80.6 cm³/mol. The van der Waals surface area contributed by atoms with E-state index in [1.807, 2.05) is 7.05 Å². The lowest BCUT2D eigenvalue weighted by Crippen LogP contribution is -2.36. The Morgan fingerprint density at radius 3 is 2.63 bits per heavy atom. The number of nitrogens with one attached hydrogen (secondary N) is 1. The fourth-order valence-corrected chi connectivity index (χ4v) is 2.69. The van der Waals surface area contributed by atoms with E-state index in [1.54, 1.807) is 12.1 Å². The van der Waals surface area contributed by atoms with Gasteiger partial charge >= 0.3 is 0 Å². The van der Waals surface area contributed by atoms with Gasteiger partial charge in [0, 0.05) is 17.1 Å². The first-order valence-electron chi connectivity index (χ1n) is 6.50. The Morgan fingerprint density at radius 1 is 1.37 bits per heavy atom. The number of benzene rings is 1. The van der Waals surface area contributed by atoms with Gasteiger partial charge in [-0.15, -0.1) is 12.4 Å². The number of hydrogen-bond donors (Lipinski definition) is 1. The van der Waals surface area contributed by atoms with Gasteiger partial charge in [-0.3, -0.25) is 4.90 Å². The van der Waals surface area contributed by atoms with Gasteiger partial charge in [0.15, 0.2) is 0 Å². The van der Waals surface area contributed by atoms with Crippen LogP contribution in [0.4, 0.5) is 4.39 Å². The third-order valence-electron chi connectivity index (χ3n) is 3.61. The van der Waals surface area contributed by atoms with Crippen molar-refractivity contribution in [3.05, 3.63) is 34.6 Å². The van der Waals surface area contributed by atoms with Crippen LogP contribution in [0, 0.1) is 11.7 Å². The van der Waals surface area contributed by atoms with Crippen molar-refractivity contribution < 1.29 is 4.39 Å². The van der Waals surface area contributed by atoms with E-state index in [0.717, 1.165) is 31.1 Å². The Bertz CT molecular complexity index is 393. The van der Waals surface area contributed by atoms with Gasteiger partial charge in [0.25, 0.3) is 0 Å². The van der Waals surface area contributed by atoms with Crippen molar-refractivity contribution in [2.24, 2.45) is 5.92 Å². The highest BCUT2D eigenvalue weighted by molar-refractivity contribution is 6.30. The van der Waals surface area contributed by atoms with Crippen LogP contribution in [0.3, 0.4) is 0 Å². The Labute approximate surface area is 125 Å². The van der Waals surface area contributed by atoms with Crippen LogP contribution in [0.25, 0.3) is 0 Å². The molecule has 0 saturated carbocycles. The summed E-state index contributed by atoms with van der Waals surface area (Å²) in [5.74, 6) is 0.571. The number of halogens is 3. The second kappa shape index (κ2) is 8.05. The average Bonchev–Trinajstić information content (AvgIpc) is 2.35. The van der Waals surface area contributed by atoms with Gasteiger partial charge < -0.3 is 5.32 Å². The largest absolute Gasteiger partial charge is 0.319 e. The molecule has 0 radical (unpaired) electrons. The van der Waals surface area contributed by atoms with Crippen molar-refractivity contribution in [2.45, 2.75) is 19.4 Å². The van der Waals surface area contributed by atoms with Crippen molar-refractivity contribution in [2.75, 3.05) is 26.7 Å². The lowest BCUT2D eigenvalue weighted by atomic mass is 9.96. The summed E-state index contributed by atoms with van der Waals surface area (Å²) in [7, 11) is 2.00. The number of piperidine rings is 1. The Morgan fingerprint density at radius 2 is 2.05 bits per heavy atom. The summed E-state index contributed by atoms with van der Waals surface area (Å²) in [4.78, 5) is 2.32. The van der Waals surface area contributed by atoms with E-state index in [0.29, 0.717) is 11.6 Å². The molecular weight excluding hydrogens is 286 g/mol. The fourth-order valence-electron chi connectivity index (χ4n) is 2.53. The van der Waals surface area contributed by atoms with Crippen LogP contribution in [0.2, 0.25) is 5.02 Å². The first-order chi connectivity index (χ1) is 8.69. The Kier molecular flexibility index (Phi) is 7.08. The summed E-state index contributed by atoms with van der Waals surface area (Å²) in [6, 6.07) is 4.94. The van der Waals surface area contributed by atoms with Gasteiger partial charge in [0.1, 0.15) is 5.82 Å². The molecule has 1 aromatic carbocycles. The monoisotopic (exact) mass is 306 g/mol. The van der Waals surface area contributed by atoms with Crippen LogP contribution in [0.15, 0.2) is 18.2 Å². The topological polar surface area (TPSA) is 15.3 Å². The van der Waals surface area contributed by atoms with E-state index in [1.165, 1.54) is 18.9 Å². The zero-order chi connectivity index (χ0) is 13.0. The smallest absolute Gasteiger partial charge is 0.129 e. The lowest BCUT2D eigenvalue weighted by Gasteiger charge is -2.31. The SMILES string of the molecule is CNCC1CCN(Cc2ccc(Cl)cc2F)CC1.Cl. The first kappa shape index (κ1) is 16.7. The van der Waals surface area contributed by atoms with Gasteiger partial charge in [0.05, 0.1) is 0 Å². The molecular formula is C14H21Cl2FN2. The summed E-state index contributed by atoms with van der Waals surface area (Å²) < 4.78 is 13.7. The first-order valence-corrected chi connectivity index (χ1v) is 6.87. The fraction of sp³-hybridized carbons (Fsp3) is 0.571. The van der Waals surface area contributed by atoms with E-state index < -0.39 is 0 Å². The molecule has 0 aliphatic carbocycles. The molecule has 1 aliphatic rings. The second-order valence-electron chi connectivity index (χ2n) is 5.01. The Balaban J connectivity index is 0.00000180. The molecule has 1 N–H and O–H groups in total.